The van der Waals surface area contributed by atoms with Crippen LogP contribution in [0, 0.1) is 6.92 Å². The van der Waals surface area contributed by atoms with Crippen molar-refractivity contribution in [1.82, 2.24) is 15.2 Å². The Morgan fingerprint density at radius 1 is 1.21 bits per heavy atom. The summed E-state index contributed by atoms with van der Waals surface area (Å²) in [6.07, 6.45) is 1.62. The van der Waals surface area contributed by atoms with E-state index in [-0.39, 0.29) is 6.04 Å². The number of nitrogens with two attached hydrogens (primary N) is 1. The summed E-state index contributed by atoms with van der Waals surface area (Å²) in [5, 5.41) is 7.08. The van der Waals surface area contributed by atoms with Crippen molar-refractivity contribution in [2.24, 2.45) is 5.73 Å². The van der Waals surface area contributed by atoms with Gasteiger partial charge in [0.15, 0.2) is 5.82 Å². The zero-order valence-corrected chi connectivity index (χ0v) is 10.5. The Morgan fingerprint density at radius 3 is 2.68 bits per heavy atom. The lowest BCUT2D eigenvalue weighted by Gasteiger charge is -2.07. The van der Waals surface area contributed by atoms with E-state index in [4.69, 9.17) is 10.2 Å². The topological polar surface area (TPSA) is 80.7 Å². The first kappa shape index (κ1) is 11.7. The normalized spacial score (nSPS) is 12.5. The molecule has 2 aromatic heterocycles. The second kappa shape index (κ2) is 4.70. The van der Waals surface area contributed by atoms with Crippen molar-refractivity contribution in [3.63, 3.8) is 0 Å². The summed E-state index contributed by atoms with van der Waals surface area (Å²) < 4.78 is 5.25. The van der Waals surface area contributed by atoms with Gasteiger partial charge in [-0.1, -0.05) is 30.3 Å². The number of nitrogens with one attached hydrogen (secondary N) is 1. The summed E-state index contributed by atoms with van der Waals surface area (Å²) in [5.41, 5.74) is 8.04. The van der Waals surface area contributed by atoms with Crippen molar-refractivity contribution in [3.8, 4) is 11.4 Å². The standard InChI is InChI=1S/C14H14N4O/c1-9-11(7-8-19-9)13-16-14(18-17-13)12(15)10-5-3-2-4-6-10/h2-8,12H,15H2,1H3,(H,16,17,18)/t12-/m1/s1. The second-order valence-electron chi connectivity index (χ2n) is 4.32. The van der Waals surface area contributed by atoms with Gasteiger partial charge in [0.05, 0.1) is 17.9 Å². The molecule has 0 saturated heterocycles. The Bertz CT molecular complexity index is 672. The minimum atomic E-state index is -0.311. The van der Waals surface area contributed by atoms with Gasteiger partial charge < -0.3 is 10.2 Å². The number of benzene rings is 1. The molecule has 1 aromatic carbocycles. The summed E-state index contributed by atoms with van der Waals surface area (Å²) in [7, 11) is 0. The minimum Gasteiger partial charge on any atom is -0.469 e. The number of H-pyrrole nitrogens is 1. The largest absolute Gasteiger partial charge is 0.469 e. The maximum Gasteiger partial charge on any atom is 0.184 e. The summed E-state index contributed by atoms with van der Waals surface area (Å²) in [6, 6.07) is 11.3. The monoisotopic (exact) mass is 254 g/mol. The second-order valence-corrected chi connectivity index (χ2v) is 4.32. The molecule has 0 bridgehead atoms. The molecule has 0 aliphatic rings. The van der Waals surface area contributed by atoms with Crippen LogP contribution in [0.15, 0.2) is 47.1 Å². The van der Waals surface area contributed by atoms with Gasteiger partial charge in [-0.3, -0.25) is 5.10 Å². The third-order valence-electron chi connectivity index (χ3n) is 3.06. The smallest absolute Gasteiger partial charge is 0.184 e. The average Bonchev–Trinajstić information content (AvgIpc) is 3.07. The molecule has 3 aromatic rings. The van der Waals surface area contributed by atoms with Crippen molar-refractivity contribution in [3.05, 3.63) is 59.8 Å². The number of nitrogens with zero attached hydrogens (tertiary/aromatic N) is 2. The fourth-order valence-corrected chi connectivity index (χ4v) is 1.97. The van der Waals surface area contributed by atoms with Crippen molar-refractivity contribution < 1.29 is 4.42 Å². The van der Waals surface area contributed by atoms with Crippen molar-refractivity contribution in [2.45, 2.75) is 13.0 Å². The van der Waals surface area contributed by atoms with E-state index in [0.717, 1.165) is 16.9 Å². The van der Waals surface area contributed by atoms with Crippen LogP contribution in [0.4, 0.5) is 0 Å². The number of rotatable bonds is 3. The van der Waals surface area contributed by atoms with Gasteiger partial charge in [-0.15, -0.1) is 0 Å². The van der Waals surface area contributed by atoms with E-state index in [2.05, 4.69) is 15.2 Å². The first-order chi connectivity index (χ1) is 9.25. The van der Waals surface area contributed by atoms with Gasteiger partial charge in [0.25, 0.3) is 0 Å². The number of aryl methyl sites for hydroxylation is 1. The van der Waals surface area contributed by atoms with Crippen LogP contribution in [0.25, 0.3) is 11.4 Å². The van der Waals surface area contributed by atoms with Crippen LogP contribution in [-0.4, -0.2) is 15.2 Å². The van der Waals surface area contributed by atoms with Crippen molar-refractivity contribution >= 4 is 0 Å². The highest BCUT2D eigenvalue weighted by Crippen LogP contribution is 2.22. The van der Waals surface area contributed by atoms with Gasteiger partial charge in [-0.05, 0) is 18.6 Å². The Morgan fingerprint density at radius 2 is 2.00 bits per heavy atom. The zero-order chi connectivity index (χ0) is 13.2. The molecule has 1 atom stereocenters. The molecule has 5 heteroatoms. The van der Waals surface area contributed by atoms with Gasteiger partial charge in [0, 0.05) is 0 Å². The molecule has 0 saturated carbocycles. The van der Waals surface area contributed by atoms with Gasteiger partial charge >= 0.3 is 0 Å². The van der Waals surface area contributed by atoms with Crippen LogP contribution < -0.4 is 5.73 Å². The minimum absolute atomic E-state index is 0.311. The van der Waals surface area contributed by atoms with E-state index in [0.29, 0.717) is 11.6 Å². The molecule has 0 amide bonds. The van der Waals surface area contributed by atoms with E-state index in [1.807, 2.05) is 43.3 Å². The van der Waals surface area contributed by atoms with E-state index in [1.165, 1.54) is 0 Å². The maximum atomic E-state index is 6.16. The highest BCUT2D eigenvalue weighted by molar-refractivity contribution is 5.56. The van der Waals surface area contributed by atoms with Crippen LogP contribution in [0.2, 0.25) is 0 Å². The maximum absolute atomic E-state index is 6.16. The van der Waals surface area contributed by atoms with Crippen molar-refractivity contribution in [2.75, 3.05) is 0 Å². The van der Waals surface area contributed by atoms with Crippen LogP contribution >= 0.6 is 0 Å². The first-order valence-corrected chi connectivity index (χ1v) is 6.03. The van der Waals surface area contributed by atoms with Crippen LogP contribution in [0.5, 0.6) is 0 Å². The fourth-order valence-electron chi connectivity index (χ4n) is 1.97. The lowest BCUT2D eigenvalue weighted by molar-refractivity contribution is 0.535. The molecule has 0 aliphatic carbocycles. The van der Waals surface area contributed by atoms with Crippen LogP contribution in [0.3, 0.4) is 0 Å². The molecule has 3 rings (SSSR count). The first-order valence-electron chi connectivity index (χ1n) is 6.03. The number of furan rings is 1. The van der Waals surface area contributed by atoms with E-state index in [9.17, 15) is 0 Å². The quantitative estimate of drug-likeness (QED) is 0.752. The molecular weight excluding hydrogens is 240 g/mol. The fraction of sp³-hybridized carbons (Fsp3) is 0.143. The SMILES string of the molecule is Cc1occc1-c1n[nH]c([C@H](N)c2ccccc2)n1. The molecule has 5 nitrogen and oxygen atoms in total. The van der Waals surface area contributed by atoms with Gasteiger partial charge in [0.1, 0.15) is 11.6 Å². The highest BCUT2D eigenvalue weighted by atomic mass is 16.3. The molecule has 96 valence electrons. The Labute approximate surface area is 110 Å². The molecule has 0 unspecified atom stereocenters. The predicted molar refractivity (Wildman–Crippen MR) is 71.3 cm³/mol. The summed E-state index contributed by atoms with van der Waals surface area (Å²) in [6.45, 7) is 1.88. The van der Waals surface area contributed by atoms with Gasteiger partial charge in [0.2, 0.25) is 0 Å². The summed E-state index contributed by atoms with van der Waals surface area (Å²) in [4.78, 5) is 4.44. The number of aromatic nitrogens is 3. The van der Waals surface area contributed by atoms with E-state index < -0.39 is 0 Å². The highest BCUT2D eigenvalue weighted by Gasteiger charge is 2.16. The zero-order valence-electron chi connectivity index (χ0n) is 10.5. The predicted octanol–water partition coefficient (Wildman–Crippen LogP) is 2.42. The van der Waals surface area contributed by atoms with Crippen LogP contribution in [-0.2, 0) is 0 Å². The molecule has 0 fully saturated rings. The average molecular weight is 254 g/mol. The molecule has 0 aliphatic heterocycles. The molecule has 2 heterocycles. The van der Waals surface area contributed by atoms with Gasteiger partial charge in [-0.25, -0.2) is 4.98 Å². The third kappa shape index (κ3) is 2.15. The molecule has 19 heavy (non-hydrogen) atoms. The Hall–Kier alpha value is -2.40. The van der Waals surface area contributed by atoms with Gasteiger partial charge in [-0.2, -0.15) is 5.10 Å². The number of hydrogen-bond donors (Lipinski definition) is 2. The number of aromatic amines is 1. The summed E-state index contributed by atoms with van der Waals surface area (Å²) >= 11 is 0. The van der Waals surface area contributed by atoms with E-state index >= 15 is 0 Å². The molecular formula is C14H14N4O. The lowest BCUT2D eigenvalue weighted by Crippen LogP contribution is -2.13. The Balaban J connectivity index is 1.92. The van der Waals surface area contributed by atoms with Crippen LogP contribution in [0.1, 0.15) is 23.2 Å². The van der Waals surface area contributed by atoms with Crippen molar-refractivity contribution in [1.29, 1.82) is 0 Å². The summed E-state index contributed by atoms with van der Waals surface area (Å²) in [5.74, 6) is 2.04. The lowest BCUT2D eigenvalue weighted by atomic mass is 10.1. The van der Waals surface area contributed by atoms with E-state index in [1.54, 1.807) is 6.26 Å². The number of hydrogen-bond acceptors (Lipinski definition) is 4. The Kier molecular flexibility index (Phi) is 2.89. The molecule has 0 spiro atoms. The third-order valence-corrected chi connectivity index (χ3v) is 3.06. The molecule has 0 radical (unpaired) electrons. The molecule has 3 N–H and O–H groups in total.